The second-order valence-electron chi connectivity index (χ2n) is 4.45. The maximum Gasteiger partial charge on any atom is 0.336 e. The van der Waals surface area contributed by atoms with Crippen LogP contribution >= 0.6 is 0 Å². The Hall–Kier alpha value is -2.29. The molecule has 0 spiro atoms. The van der Waals surface area contributed by atoms with E-state index >= 15 is 0 Å². The first-order chi connectivity index (χ1) is 9.09. The van der Waals surface area contributed by atoms with E-state index in [1.807, 2.05) is 31.2 Å². The van der Waals surface area contributed by atoms with Gasteiger partial charge in [0.2, 0.25) is 0 Å². The summed E-state index contributed by atoms with van der Waals surface area (Å²) < 4.78 is 5.73. The van der Waals surface area contributed by atoms with Crippen LogP contribution in [-0.4, -0.2) is 11.1 Å². The van der Waals surface area contributed by atoms with Crippen molar-refractivity contribution in [2.45, 2.75) is 20.5 Å². The van der Waals surface area contributed by atoms with E-state index in [-0.39, 0.29) is 5.56 Å². The van der Waals surface area contributed by atoms with E-state index < -0.39 is 5.97 Å². The predicted octanol–water partition coefficient (Wildman–Crippen LogP) is 3.58. The zero-order valence-electron chi connectivity index (χ0n) is 11.0. The Morgan fingerprint density at radius 3 is 2.53 bits per heavy atom. The largest absolute Gasteiger partial charge is 0.489 e. The molecule has 0 heterocycles. The standard InChI is InChI=1S/C16H16O3/c1-11-6-3-4-7-13(11)10-19-15-9-5-8-14(12(15)2)16(17)18/h3-9H,10H2,1-2H3,(H,17,18). The van der Waals surface area contributed by atoms with Gasteiger partial charge in [-0.15, -0.1) is 0 Å². The van der Waals surface area contributed by atoms with Gasteiger partial charge in [-0.3, -0.25) is 0 Å². The van der Waals surface area contributed by atoms with Crippen LogP contribution in [0.1, 0.15) is 27.0 Å². The zero-order chi connectivity index (χ0) is 13.8. The third kappa shape index (κ3) is 2.94. The molecular formula is C16H16O3. The molecule has 2 aromatic carbocycles. The number of ether oxygens (including phenoxy) is 1. The Morgan fingerprint density at radius 2 is 1.84 bits per heavy atom. The lowest BCUT2D eigenvalue weighted by Gasteiger charge is -2.12. The van der Waals surface area contributed by atoms with Crippen molar-refractivity contribution in [1.82, 2.24) is 0 Å². The Balaban J connectivity index is 2.19. The van der Waals surface area contributed by atoms with Gasteiger partial charge in [0.25, 0.3) is 0 Å². The van der Waals surface area contributed by atoms with Crippen molar-refractivity contribution in [3.8, 4) is 5.75 Å². The minimum absolute atomic E-state index is 0.280. The molecule has 3 heteroatoms. The van der Waals surface area contributed by atoms with E-state index in [9.17, 15) is 4.79 Å². The molecule has 0 radical (unpaired) electrons. The van der Waals surface area contributed by atoms with Crippen LogP contribution in [-0.2, 0) is 6.61 Å². The van der Waals surface area contributed by atoms with Gasteiger partial charge in [0.15, 0.2) is 0 Å². The van der Waals surface area contributed by atoms with Gasteiger partial charge in [0.1, 0.15) is 12.4 Å². The molecule has 1 N–H and O–H groups in total. The van der Waals surface area contributed by atoms with Gasteiger partial charge in [0, 0.05) is 5.56 Å². The highest BCUT2D eigenvalue weighted by molar-refractivity contribution is 5.90. The van der Waals surface area contributed by atoms with E-state index in [0.29, 0.717) is 17.9 Å². The Kier molecular flexibility index (Phi) is 3.85. The lowest BCUT2D eigenvalue weighted by Crippen LogP contribution is -2.03. The molecule has 19 heavy (non-hydrogen) atoms. The number of hydrogen-bond acceptors (Lipinski definition) is 2. The summed E-state index contributed by atoms with van der Waals surface area (Å²) in [5.41, 5.74) is 3.20. The summed E-state index contributed by atoms with van der Waals surface area (Å²) in [6.07, 6.45) is 0. The molecule has 2 rings (SSSR count). The predicted molar refractivity (Wildman–Crippen MR) is 73.6 cm³/mol. The summed E-state index contributed by atoms with van der Waals surface area (Å²) in [5.74, 6) is -0.318. The molecular weight excluding hydrogens is 240 g/mol. The highest BCUT2D eigenvalue weighted by Crippen LogP contribution is 2.23. The summed E-state index contributed by atoms with van der Waals surface area (Å²) in [6, 6.07) is 13.0. The summed E-state index contributed by atoms with van der Waals surface area (Å²) in [7, 11) is 0. The Morgan fingerprint density at radius 1 is 1.11 bits per heavy atom. The van der Waals surface area contributed by atoms with Crippen molar-refractivity contribution in [3.63, 3.8) is 0 Å². The number of benzene rings is 2. The van der Waals surface area contributed by atoms with Gasteiger partial charge in [-0.2, -0.15) is 0 Å². The van der Waals surface area contributed by atoms with Crippen molar-refractivity contribution in [3.05, 3.63) is 64.7 Å². The second-order valence-corrected chi connectivity index (χ2v) is 4.45. The number of rotatable bonds is 4. The van der Waals surface area contributed by atoms with Crippen LogP contribution in [0.5, 0.6) is 5.75 Å². The zero-order valence-corrected chi connectivity index (χ0v) is 11.0. The molecule has 0 aliphatic heterocycles. The third-order valence-electron chi connectivity index (χ3n) is 3.16. The molecule has 0 saturated heterocycles. The molecule has 0 fully saturated rings. The van der Waals surface area contributed by atoms with E-state index in [0.717, 1.165) is 11.1 Å². The van der Waals surface area contributed by atoms with Crippen molar-refractivity contribution in [2.24, 2.45) is 0 Å². The van der Waals surface area contributed by atoms with Crippen LogP contribution in [0.2, 0.25) is 0 Å². The van der Waals surface area contributed by atoms with Crippen LogP contribution < -0.4 is 4.74 Å². The molecule has 0 amide bonds. The number of hydrogen-bond donors (Lipinski definition) is 1. The van der Waals surface area contributed by atoms with Crippen molar-refractivity contribution in [2.75, 3.05) is 0 Å². The molecule has 0 aromatic heterocycles. The van der Waals surface area contributed by atoms with E-state index in [1.165, 1.54) is 0 Å². The molecule has 2 aromatic rings. The monoisotopic (exact) mass is 256 g/mol. The number of carboxylic acids is 1. The topological polar surface area (TPSA) is 46.5 Å². The number of aryl methyl sites for hydroxylation is 1. The lowest BCUT2D eigenvalue weighted by atomic mass is 10.1. The fraction of sp³-hybridized carbons (Fsp3) is 0.188. The van der Waals surface area contributed by atoms with Gasteiger partial charge in [0.05, 0.1) is 5.56 Å². The molecule has 0 bridgehead atoms. The van der Waals surface area contributed by atoms with Gasteiger partial charge in [-0.05, 0) is 37.1 Å². The van der Waals surface area contributed by atoms with Crippen LogP contribution in [0.15, 0.2) is 42.5 Å². The number of carbonyl (C=O) groups is 1. The van der Waals surface area contributed by atoms with Crippen molar-refractivity contribution >= 4 is 5.97 Å². The average molecular weight is 256 g/mol. The summed E-state index contributed by atoms with van der Waals surface area (Å²) in [6.45, 7) is 4.23. The van der Waals surface area contributed by atoms with Crippen LogP contribution in [0.25, 0.3) is 0 Å². The third-order valence-corrected chi connectivity index (χ3v) is 3.16. The van der Waals surface area contributed by atoms with Gasteiger partial charge < -0.3 is 9.84 Å². The quantitative estimate of drug-likeness (QED) is 0.909. The summed E-state index contributed by atoms with van der Waals surface area (Å²) >= 11 is 0. The molecule has 0 aliphatic rings. The van der Waals surface area contributed by atoms with E-state index in [1.54, 1.807) is 25.1 Å². The average Bonchev–Trinajstić information content (AvgIpc) is 2.39. The van der Waals surface area contributed by atoms with Gasteiger partial charge in [-0.25, -0.2) is 4.79 Å². The molecule has 0 aliphatic carbocycles. The SMILES string of the molecule is Cc1ccccc1COc1cccc(C(=O)O)c1C. The van der Waals surface area contributed by atoms with Gasteiger partial charge >= 0.3 is 5.97 Å². The highest BCUT2D eigenvalue weighted by Gasteiger charge is 2.11. The van der Waals surface area contributed by atoms with Gasteiger partial charge in [-0.1, -0.05) is 30.3 Å². The summed E-state index contributed by atoms with van der Waals surface area (Å²) in [4.78, 5) is 11.0. The highest BCUT2D eigenvalue weighted by atomic mass is 16.5. The first-order valence-electron chi connectivity index (χ1n) is 6.10. The number of carboxylic acid groups (broad SMARTS) is 1. The van der Waals surface area contributed by atoms with Crippen molar-refractivity contribution in [1.29, 1.82) is 0 Å². The summed E-state index contributed by atoms with van der Waals surface area (Å²) in [5, 5.41) is 9.06. The van der Waals surface area contributed by atoms with Crippen LogP contribution in [0.4, 0.5) is 0 Å². The maximum atomic E-state index is 11.0. The Labute approximate surface area is 112 Å². The minimum atomic E-state index is -0.932. The lowest BCUT2D eigenvalue weighted by molar-refractivity contribution is 0.0695. The number of aromatic carboxylic acids is 1. The minimum Gasteiger partial charge on any atom is -0.489 e. The molecule has 0 unspecified atom stereocenters. The molecule has 0 atom stereocenters. The first kappa shape index (κ1) is 13.1. The fourth-order valence-electron chi connectivity index (χ4n) is 1.93. The smallest absolute Gasteiger partial charge is 0.336 e. The van der Waals surface area contributed by atoms with E-state index in [4.69, 9.17) is 9.84 Å². The Bertz CT molecular complexity index is 603. The molecule has 98 valence electrons. The first-order valence-corrected chi connectivity index (χ1v) is 6.10. The van der Waals surface area contributed by atoms with E-state index in [2.05, 4.69) is 0 Å². The molecule has 3 nitrogen and oxygen atoms in total. The van der Waals surface area contributed by atoms with Crippen molar-refractivity contribution < 1.29 is 14.6 Å². The fourth-order valence-corrected chi connectivity index (χ4v) is 1.93. The van der Waals surface area contributed by atoms with Crippen LogP contribution in [0.3, 0.4) is 0 Å². The second kappa shape index (κ2) is 5.57. The molecule has 0 saturated carbocycles. The normalized spacial score (nSPS) is 10.2. The van der Waals surface area contributed by atoms with Crippen LogP contribution in [0, 0.1) is 13.8 Å². The maximum absolute atomic E-state index is 11.0.